The number of ether oxygens (including phenoxy) is 2. The van der Waals surface area contributed by atoms with E-state index in [2.05, 4.69) is 4.98 Å². The molecular weight excluding hydrogens is 624 g/mol. The van der Waals surface area contributed by atoms with Crippen molar-refractivity contribution in [2.75, 3.05) is 44.2 Å². The number of urea groups is 1. The van der Waals surface area contributed by atoms with Gasteiger partial charge in [-0.25, -0.2) is 35.7 Å². The Morgan fingerprint density at radius 1 is 1.02 bits per heavy atom. The molecule has 0 unspecified atom stereocenters. The molecular formula is C31H31F2N5O7S. The highest BCUT2D eigenvalue weighted by Crippen LogP contribution is 2.43. The van der Waals surface area contributed by atoms with Gasteiger partial charge in [-0.2, -0.15) is 0 Å². The number of methoxy groups -OCH3 is 2. The summed E-state index contributed by atoms with van der Waals surface area (Å²) in [5.41, 5.74) is 0.633. The fourth-order valence-corrected chi connectivity index (χ4v) is 7.77. The number of carbonyl (C=O) groups excluding carboxylic acids is 1. The molecule has 2 aromatic heterocycles. The van der Waals surface area contributed by atoms with Gasteiger partial charge < -0.3 is 19.5 Å². The lowest BCUT2D eigenvalue weighted by atomic mass is 9.92. The van der Waals surface area contributed by atoms with Crippen LogP contribution in [0.3, 0.4) is 0 Å². The smallest absolute Gasteiger partial charge is 0.407 e. The number of carbonyl (C=O) groups is 2. The minimum atomic E-state index is -4.16. The number of hydrogen-bond donors (Lipinski definition) is 1. The molecule has 0 saturated carbocycles. The van der Waals surface area contributed by atoms with Gasteiger partial charge in [-0.15, -0.1) is 0 Å². The molecule has 0 atom stereocenters. The quantitative estimate of drug-likeness (QED) is 0.292. The first-order valence-corrected chi connectivity index (χ1v) is 15.9. The van der Waals surface area contributed by atoms with Crippen LogP contribution < -0.4 is 19.3 Å². The lowest BCUT2D eigenvalue weighted by Gasteiger charge is -2.35. The minimum absolute atomic E-state index is 0.00990. The van der Waals surface area contributed by atoms with Gasteiger partial charge in [0.25, 0.3) is 10.0 Å². The van der Waals surface area contributed by atoms with Crippen molar-refractivity contribution in [2.45, 2.75) is 30.7 Å². The van der Waals surface area contributed by atoms with Crippen molar-refractivity contribution < 1.29 is 41.4 Å². The van der Waals surface area contributed by atoms with E-state index in [9.17, 15) is 23.1 Å². The Morgan fingerprint density at radius 3 is 2.24 bits per heavy atom. The summed E-state index contributed by atoms with van der Waals surface area (Å²) >= 11 is 0. The first-order chi connectivity index (χ1) is 22.0. The first-order valence-electron chi connectivity index (χ1n) is 14.4. The van der Waals surface area contributed by atoms with E-state index < -0.39 is 39.5 Å². The van der Waals surface area contributed by atoms with Crippen LogP contribution >= 0.6 is 0 Å². The van der Waals surface area contributed by atoms with Crippen LogP contribution in [0.5, 0.6) is 11.5 Å². The highest BCUT2D eigenvalue weighted by molar-refractivity contribution is 7.90. The summed E-state index contributed by atoms with van der Waals surface area (Å²) in [5, 5.41) is 9.73. The normalized spacial score (nSPS) is 15.8. The molecule has 1 fully saturated rings. The first kappa shape index (κ1) is 31.1. The van der Waals surface area contributed by atoms with Crippen molar-refractivity contribution in [1.29, 1.82) is 0 Å². The van der Waals surface area contributed by atoms with Crippen molar-refractivity contribution in [2.24, 2.45) is 5.92 Å². The van der Waals surface area contributed by atoms with Gasteiger partial charge in [-0.05, 0) is 43.4 Å². The molecule has 15 heteroatoms. The lowest BCUT2D eigenvalue weighted by molar-refractivity contribution is 0.124. The number of carboxylic acid groups (broad SMARTS) is 1. The summed E-state index contributed by atoms with van der Waals surface area (Å²) in [5.74, 6) is -2.81. The molecule has 6 rings (SSSR count). The van der Waals surface area contributed by atoms with Crippen LogP contribution in [0.15, 0.2) is 53.6 Å². The zero-order valence-corrected chi connectivity index (χ0v) is 26.1. The molecule has 1 saturated heterocycles. The van der Waals surface area contributed by atoms with Crippen LogP contribution in [0.1, 0.15) is 24.1 Å². The van der Waals surface area contributed by atoms with E-state index in [0.717, 1.165) is 11.0 Å². The average Bonchev–Trinajstić information content (AvgIpc) is 3.42. The number of anilines is 2. The van der Waals surface area contributed by atoms with Crippen molar-refractivity contribution >= 4 is 44.6 Å². The Labute approximate surface area is 263 Å². The minimum Gasteiger partial charge on any atom is -0.493 e. The van der Waals surface area contributed by atoms with E-state index >= 15 is 8.78 Å². The fraction of sp³-hybridized carbons (Fsp3) is 0.323. The van der Waals surface area contributed by atoms with Crippen molar-refractivity contribution in [3.8, 4) is 11.5 Å². The third-order valence-corrected chi connectivity index (χ3v) is 10.3. The predicted octanol–water partition coefficient (Wildman–Crippen LogP) is 5.08. The topological polar surface area (TPSA) is 135 Å². The van der Waals surface area contributed by atoms with Crippen LogP contribution in [0.25, 0.3) is 11.0 Å². The van der Waals surface area contributed by atoms with Crippen LogP contribution in [-0.2, 0) is 23.0 Å². The van der Waals surface area contributed by atoms with Gasteiger partial charge >= 0.3 is 12.1 Å². The lowest BCUT2D eigenvalue weighted by Crippen LogP contribution is -2.46. The Bertz CT molecular complexity index is 1930. The monoisotopic (exact) mass is 655 g/mol. The van der Waals surface area contributed by atoms with Gasteiger partial charge in [0.15, 0.2) is 28.8 Å². The molecule has 4 heterocycles. The molecule has 2 aliphatic heterocycles. The van der Waals surface area contributed by atoms with Gasteiger partial charge in [0, 0.05) is 49.0 Å². The number of amides is 3. The van der Waals surface area contributed by atoms with E-state index in [0.29, 0.717) is 54.7 Å². The Kier molecular flexibility index (Phi) is 7.96. The van der Waals surface area contributed by atoms with Gasteiger partial charge in [-0.1, -0.05) is 18.2 Å². The zero-order valence-electron chi connectivity index (χ0n) is 25.2. The number of likely N-dealkylation sites (tertiary alicyclic amines) is 1. The van der Waals surface area contributed by atoms with Crippen LogP contribution in [0.4, 0.5) is 29.7 Å². The highest BCUT2D eigenvalue weighted by Gasteiger charge is 2.38. The molecule has 2 aliphatic rings. The van der Waals surface area contributed by atoms with E-state index in [1.165, 1.54) is 53.4 Å². The van der Waals surface area contributed by atoms with Gasteiger partial charge in [0.1, 0.15) is 5.69 Å². The Hall–Kier alpha value is -4.92. The van der Waals surface area contributed by atoms with Crippen molar-refractivity contribution in [3.63, 3.8) is 0 Å². The van der Waals surface area contributed by atoms with Crippen LogP contribution in [0.2, 0.25) is 0 Å². The largest absolute Gasteiger partial charge is 0.493 e. The highest BCUT2D eigenvalue weighted by atomic mass is 32.2. The Morgan fingerprint density at radius 2 is 1.65 bits per heavy atom. The second-order valence-corrected chi connectivity index (χ2v) is 13.0. The summed E-state index contributed by atoms with van der Waals surface area (Å²) in [6.45, 7) is 0.383. The second-order valence-electron chi connectivity index (χ2n) is 11.2. The zero-order chi connectivity index (χ0) is 32.9. The molecule has 0 aliphatic carbocycles. The third kappa shape index (κ3) is 5.04. The molecule has 12 nitrogen and oxygen atoms in total. The second kappa shape index (κ2) is 11.8. The van der Waals surface area contributed by atoms with Gasteiger partial charge in [0.05, 0.1) is 31.3 Å². The molecule has 2 aromatic carbocycles. The Balaban J connectivity index is 1.48. The number of halogens is 2. The summed E-state index contributed by atoms with van der Waals surface area (Å²) in [6, 6.07) is 9.85. The molecule has 4 aromatic rings. The summed E-state index contributed by atoms with van der Waals surface area (Å²) in [6.07, 6.45) is 1.80. The third-order valence-electron chi connectivity index (χ3n) is 8.57. The maximum Gasteiger partial charge on any atom is 0.407 e. The maximum absolute atomic E-state index is 15.4. The number of piperidine rings is 1. The number of rotatable bonds is 7. The number of nitrogens with zero attached hydrogens (tertiary/aromatic N) is 5. The number of aromatic nitrogens is 2. The molecule has 0 bridgehead atoms. The standard InChI is InChI=1S/C31H31F2N5O7S/c1-35-27-19(17-37(30(35)39)28-25(32)23(44-2)15-24(45-3)26(28)33)16-34-29-22(27)14-20(13-18-9-11-36(12-10-18)31(40)41)38(29)46(42,43)21-7-5-4-6-8-21/h4-8,14-16,18H,9-13,17H2,1-3H3,(H,40,41). The van der Waals surface area contributed by atoms with Gasteiger partial charge in [0.2, 0.25) is 0 Å². The number of pyridine rings is 1. The number of benzene rings is 2. The van der Waals surface area contributed by atoms with Crippen LogP contribution in [0, 0.1) is 17.6 Å². The SMILES string of the molecule is COc1cc(OC)c(F)c(N2Cc3cnc4c(cc(CC5CCN(C(=O)O)CC5)n4S(=O)(=O)c4ccccc4)c3N(C)C2=O)c1F. The summed E-state index contributed by atoms with van der Waals surface area (Å²) in [7, 11) is -0.304. The van der Waals surface area contributed by atoms with Crippen LogP contribution in [-0.4, -0.2) is 73.9 Å². The number of hydrogen-bond acceptors (Lipinski definition) is 7. The molecule has 0 radical (unpaired) electrons. The molecule has 46 heavy (non-hydrogen) atoms. The fourth-order valence-electron chi connectivity index (χ4n) is 6.25. The molecule has 242 valence electrons. The predicted molar refractivity (Wildman–Crippen MR) is 164 cm³/mol. The van der Waals surface area contributed by atoms with E-state index in [-0.39, 0.29) is 34.5 Å². The number of fused-ring (bicyclic) bond motifs is 3. The maximum atomic E-state index is 15.4. The van der Waals surface area contributed by atoms with E-state index in [1.807, 2.05) is 0 Å². The van der Waals surface area contributed by atoms with E-state index in [4.69, 9.17) is 9.47 Å². The summed E-state index contributed by atoms with van der Waals surface area (Å²) < 4.78 is 70.4. The van der Waals surface area contributed by atoms with Crippen molar-refractivity contribution in [1.82, 2.24) is 13.9 Å². The molecule has 3 amide bonds. The van der Waals surface area contributed by atoms with E-state index in [1.54, 1.807) is 24.3 Å². The molecule has 1 N–H and O–H groups in total. The van der Waals surface area contributed by atoms with Gasteiger partial charge in [-0.3, -0.25) is 9.80 Å². The average molecular weight is 656 g/mol. The summed E-state index contributed by atoms with van der Waals surface area (Å²) in [4.78, 5) is 33.3. The molecule has 0 spiro atoms. The van der Waals surface area contributed by atoms with Crippen molar-refractivity contribution in [3.05, 3.63) is 71.6 Å².